The molecule has 24 heavy (non-hydrogen) atoms. The highest BCUT2D eigenvalue weighted by Crippen LogP contribution is 2.24. The predicted octanol–water partition coefficient (Wildman–Crippen LogP) is 4.68. The lowest BCUT2D eigenvalue weighted by atomic mass is 10.0. The minimum atomic E-state index is -0.210. The first-order valence-corrected chi connectivity index (χ1v) is 8.13. The van der Waals surface area contributed by atoms with Crippen molar-refractivity contribution < 1.29 is 4.39 Å². The molecule has 0 saturated carbocycles. The molecule has 3 aromatic rings. The quantitative estimate of drug-likeness (QED) is 0.715. The van der Waals surface area contributed by atoms with E-state index in [2.05, 4.69) is 54.5 Å². The van der Waals surface area contributed by atoms with Gasteiger partial charge >= 0.3 is 0 Å². The number of hydrogen-bond acceptors (Lipinski definition) is 2. The zero-order valence-electron chi connectivity index (χ0n) is 14.2. The van der Waals surface area contributed by atoms with Gasteiger partial charge in [-0.1, -0.05) is 24.3 Å². The van der Waals surface area contributed by atoms with Crippen molar-refractivity contribution in [3.05, 3.63) is 76.7 Å². The van der Waals surface area contributed by atoms with Crippen LogP contribution in [-0.2, 0) is 6.54 Å². The molecule has 0 amide bonds. The van der Waals surface area contributed by atoms with Gasteiger partial charge in [0.15, 0.2) is 0 Å². The van der Waals surface area contributed by atoms with Gasteiger partial charge < -0.3 is 5.32 Å². The number of aromatic nitrogens is 2. The molecule has 2 N–H and O–H groups in total. The normalized spacial score (nSPS) is 12.3. The molecule has 0 saturated heterocycles. The molecule has 3 nitrogen and oxygen atoms in total. The number of nitrogens with one attached hydrogen (secondary N) is 2. The van der Waals surface area contributed by atoms with Crippen molar-refractivity contribution in [2.75, 3.05) is 0 Å². The maximum absolute atomic E-state index is 13.0. The van der Waals surface area contributed by atoms with Crippen molar-refractivity contribution in [3.8, 4) is 11.3 Å². The van der Waals surface area contributed by atoms with Crippen LogP contribution in [0.25, 0.3) is 11.3 Å². The summed E-state index contributed by atoms with van der Waals surface area (Å²) in [7, 11) is 0. The second kappa shape index (κ2) is 6.97. The minimum absolute atomic E-state index is 0.133. The second-order valence-corrected chi connectivity index (χ2v) is 6.22. The van der Waals surface area contributed by atoms with E-state index < -0.39 is 0 Å². The van der Waals surface area contributed by atoms with E-state index in [0.29, 0.717) is 6.54 Å². The highest BCUT2D eigenvalue weighted by atomic mass is 19.1. The van der Waals surface area contributed by atoms with E-state index in [0.717, 1.165) is 22.4 Å². The molecule has 0 radical (unpaired) electrons. The fourth-order valence-corrected chi connectivity index (χ4v) is 2.72. The van der Waals surface area contributed by atoms with Crippen molar-refractivity contribution in [3.63, 3.8) is 0 Å². The van der Waals surface area contributed by atoms with Gasteiger partial charge in [0.05, 0.1) is 11.9 Å². The van der Waals surface area contributed by atoms with E-state index in [4.69, 9.17) is 0 Å². The zero-order chi connectivity index (χ0) is 17.1. The molecule has 2 aromatic carbocycles. The van der Waals surface area contributed by atoms with E-state index in [1.165, 1.54) is 23.3 Å². The van der Waals surface area contributed by atoms with Gasteiger partial charge in [-0.05, 0) is 55.7 Å². The van der Waals surface area contributed by atoms with E-state index in [-0.39, 0.29) is 11.9 Å². The van der Waals surface area contributed by atoms with Crippen LogP contribution >= 0.6 is 0 Å². The first-order chi connectivity index (χ1) is 11.5. The van der Waals surface area contributed by atoms with Gasteiger partial charge in [-0.15, -0.1) is 0 Å². The number of benzene rings is 2. The summed E-state index contributed by atoms with van der Waals surface area (Å²) in [5.74, 6) is -0.210. The average Bonchev–Trinajstić information content (AvgIpc) is 3.04. The number of halogens is 1. The molecule has 0 aliphatic rings. The van der Waals surface area contributed by atoms with Crippen molar-refractivity contribution in [2.45, 2.75) is 33.4 Å². The Labute approximate surface area is 141 Å². The Hall–Kier alpha value is -2.46. The van der Waals surface area contributed by atoms with Gasteiger partial charge in [-0.3, -0.25) is 5.10 Å². The van der Waals surface area contributed by atoms with Crippen LogP contribution in [0.4, 0.5) is 4.39 Å². The molecule has 3 rings (SSSR count). The van der Waals surface area contributed by atoms with Crippen molar-refractivity contribution >= 4 is 0 Å². The van der Waals surface area contributed by atoms with Crippen LogP contribution in [0.15, 0.2) is 48.7 Å². The number of H-pyrrole nitrogens is 1. The van der Waals surface area contributed by atoms with E-state index in [1.807, 2.05) is 18.3 Å². The smallest absolute Gasteiger partial charge is 0.123 e. The number of aromatic amines is 1. The molecule has 1 aromatic heterocycles. The standard InChI is InChI=1S/C20H22FN3/c1-13-4-5-17(10-14(13)2)20-18(12-23-24-20)11-22-15(3)16-6-8-19(21)9-7-16/h4-10,12,15,22H,11H2,1-3H3,(H,23,24)/t15-/m0/s1. The Morgan fingerprint density at radius 1 is 1.08 bits per heavy atom. The molecule has 0 fully saturated rings. The monoisotopic (exact) mass is 323 g/mol. The molecule has 0 bridgehead atoms. The van der Waals surface area contributed by atoms with Crippen LogP contribution in [0.1, 0.15) is 35.2 Å². The molecule has 124 valence electrons. The number of aryl methyl sites for hydroxylation is 2. The maximum Gasteiger partial charge on any atom is 0.123 e. The predicted molar refractivity (Wildman–Crippen MR) is 95.2 cm³/mol. The minimum Gasteiger partial charge on any atom is -0.306 e. The van der Waals surface area contributed by atoms with Crippen molar-refractivity contribution in [1.82, 2.24) is 15.5 Å². The highest BCUT2D eigenvalue weighted by Gasteiger charge is 2.11. The molecule has 0 aliphatic carbocycles. The summed E-state index contributed by atoms with van der Waals surface area (Å²) in [5, 5.41) is 10.8. The molecule has 4 heteroatoms. The molecule has 0 spiro atoms. The lowest BCUT2D eigenvalue weighted by Gasteiger charge is -2.14. The molecule has 1 atom stereocenters. The van der Waals surface area contributed by atoms with E-state index in [9.17, 15) is 4.39 Å². The Bertz CT molecular complexity index is 821. The molecular weight excluding hydrogens is 301 g/mol. The highest BCUT2D eigenvalue weighted by molar-refractivity contribution is 5.64. The van der Waals surface area contributed by atoms with Gasteiger partial charge in [-0.25, -0.2) is 4.39 Å². The number of hydrogen-bond donors (Lipinski definition) is 2. The lowest BCUT2D eigenvalue weighted by Crippen LogP contribution is -2.18. The number of rotatable bonds is 5. The van der Waals surface area contributed by atoms with Gasteiger partial charge in [-0.2, -0.15) is 5.10 Å². The summed E-state index contributed by atoms with van der Waals surface area (Å²) in [6.07, 6.45) is 1.86. The summed E-state index contributed by atoms with van der Waals surface area (Å²) in [4.78, 5) is 0. The van der Waals surface area contributed by atoms with E-state index >= 15 is 0 Å². The molecule has 0 unspecified atom stereocenters. The Morgan fingerprint density at radius 2 is 1.83 bits per heavy atom. The Morgan fingerprint density at radius 3 is 2.54 bits per heavy atom. The summed E-state index contributed by atoms with van der Waals surface area (Å²) < 4.78 is 13.0. The topological polar surface area (TPSA) is 40.7 Å². The zero-order valence-corrected chi connectivity index (χ0v) is 14.2. The third kappa shape index (κ3) is 3.54. The Kier molecular flexibility index (Phi) is 4.76. The average molecular weight is 323 g/mol. The fourth-order valence-electron chi connectivity index (χ4n) is 2.72. The van der Waals surface area contributed by atoms with E-state index in [1.54, 1.807) is 0 Å². The van der Waals surface area contributed by atoms with Gasteiger partial charge in [0.25, 0.3) is 0 Å². The van der Waals surface area contributed by atoms with Crippen LogP contribution in [0.5, 0.6) is 0 Å². The lowest BCUT2D eigenvalue weighted by molar-refractivity contribution is 0.571. The summed E-state index contributed by atoms with van der Waals surface area (Å²) in [5.41, 5.74) is 6.90. The first-order valence-electron chi connectivity index (χ1n) is 8.13. The SMILES string of the molecule is Cc1ccc(-c2[nH]ncc2CN[C@@H](C)c2ccc(F)cc2)cc1C. The fraction of sp³-hybridized carbons (Fsp3) is 0.250. The van der Waals surface area contributed by atoms with Crippen molar-refractivity contribution in [1.29, 1.82) is 0 Å². The van der Waals surface area contributed by atoms with Gasteiger partial charge in [0.2, 0.25) is 0 Å². The van der Waals surface area contributed by atoms with Crippen LogP contribution < -0.4 is 5.32 Å². The van der Waals surface area contributed by atoms with Crippen LogP contribution in [0, 0.1) is 19.7 Å². The van der Waals surface area contributed by atoms with Crippen molar-refractivity contribution in [2.24, 2.45) is 0 Å². The largest absolute Gasteiger partial charge is 0.306 e. The van der Waals surface area contributed by atoms with Crippen LogP contribution in [0.3, 0.4) is 0 Å². The third-order valence-electron chi connectivity index (χ3n) is 4.48. The molecule has 0 aliphatic heterocycles. The Balaban J connectivity index is 1.73. The molecule has 1 heterocycles. The number of nitrogens with zero attached hydrogens (tertiary/aromatic N) is 1. The summed E-state index contributed by atoms with van der Waals surface area (Å²) in [6, 6.07) is 13.2. The molecular formula is C20H22FN3. The van der Waals surface area contributed by atoms with Gasteiger partial charge in [0.1, 0.15) is 5.82 Å². The van der Waals surface area contributed by atoms with Crippen LogP contribution in [0.2, 0.25) is 0 Å². The van der Waals surface area contributed by atoms with Crippen LogP contribution in [-0.4, -0.2) is 10.2 Å². The third-order valence-corrected chi connectivity index (χ3v) is 4.48. The maximum atomic E-state index is 13.0. The first kappa shape index (κ1) is 16.4. The summed E-state index contributed by atoms with van der Waals surface area (Å²) in [6.45, 7) is 6.99. The van der Waals surface area contributed by atoms with Gasteiger partial charge in [0, 0.05) is 23.7 Å². The second-order valence-electron chi connectivity index (χ2n) is 6.22. The summed E-state index contributed by atoms with van der Waals surface area (Å²) >= 11 is 0.